The van der Waals surface area contributed by atoms with Crippen molar-refractivity contribution in [2.75, 3.05) is 0 Å². The van der Waals surface area contributed by atoms with Crippen LogP contribution in [0, 0.1) is 13.8 Å². The lowest BCUT2D eigenvalue weighted by Crippen LogP contribution is -1.95. The molecule has 1 aliphatic rings. The predicted octanol–water partition coefficient (Wildman–Crippen LogP) is 3.77. The van der Waals surface area contributed by atoms with Gasteiger partial charge in [0.05, 0.1) is 23.1 Å². The van der Waals surface area contributed by atoms with Crippen molar-refractivity contribution in [1.82, 2.24) is 24.6 Å². The summed E-state index contributed by atoms with van der Waals surface area (Å²) in [5, 5.41) is 8.34. The number of aryl methyl sites for hydroxylation is 2. The van der Waals surface area contributed by atoms with E-state index >= 15 is 0 Å². The Labute approximate surface area is 133 Å². The second-order valence-corrected chi connectivity index (χ2v) is 6.50. The average molecular weight is 303 g/mol. The number of aromatic amines is 1. The number of rotatable bonds is 2. The van der Waals surface area contributed by atoms with Crippen LogP contribution >= 0.6 is 0 Å². The van der Waals surface area contributed by atoms with Crippen LogP contribution in [-0.2, 0) is 0 Å². The first kappa shape index (κ1) is 12.8. The van der Waals surface area contributed by atoms with E-state index in [1.165, 1.54) is 24.1 Å². The van der Waals surface area contributed by atoms with Gasteiger partial charge in [-0.25, -0.2) is 9.97 Å². The smallest absolute Gasteiger partial charge is 0.147 e. The van der Waals surface area contributed by atoms with Gasteiger partial charge in [0.1, 0.15) is 12.0 Å². The predicted molar refractivity (Wildman–Crippen MR) is 89.5 cm³/mol. The molecule has 3 heterocycles. The van der Waals surface area contributed by atoms with Gasteiger partial charge >= 0.3 is 0 Å². The van der Waals surface area contributed by atoms with Crippen LogP contribution in [0.1, 0.15) is 35.7 Å². The Balaban J connectivity index is 1.81. The lowest BCUT2D eigenvalue weighted by Gasteiger charge is -2.09. The van der Waals surface area contributed by atoms with Gasteiger partial charge in [-0.2, -0.15) is 5.10 Å². The van der Waals surface area contributed by atoms with Crippen molar-refractivity contribution in [2.45, 2.75) is 32.6 Å². The fraction of sp³-hybridized carbons (Fsp3) is 0.278. The Hall–Kier alpha value is -2.69. The van der Waals surface area contributed by atoms with E-state index in [0.717, 1.165) is 33.4 Å². The standard InChI is InChI=1S/C18H17N5/c1-10-5-13(6-14-7-20-22-17(10)14)16-11(2)19-9-23-8-15(12-3-4-12)21-18(16)23/h5-9,12H,3-4H2,1-2H3,(H,20,22). The molecule has 0 amide bonds. The third kappa shape index (κ3) is 1.89. The summed E-state index contributed by atoms with van der Waals surface area (Å²) in [6.07, 6.45) is 8.38. The van der Waals surface area contributed by atoms with Crippen molar-refractivity contribution in [3.8, 4) is 11.1 Å². The van der Waals surface area contributed by atoms with E-state index in [0.29, 0.717) is 5.92 Å². The number of imidazole rings is 1. The quantitative estimate of drug-likeness (QED) is 0.613. The normalized spacial score (nSPS) is 14.9. The molecule has 0 bridgehead atoms. The van der Waals surface area contributed by atoms with Gasteiger partial charge in [0, 0.05) is 23.1 Å². The molecule has 23 heavy (non-hydrogen) atoms. The van der Waals surface area contributed by atoms with Gasteiger partial charge in [-0.1, -0.05) is 0 Å². The van der Waals surface area contributed by atoms with E-state index in [9.17, 15) is 0 Å². The molecule has 0 aliphatic heterocycles. The topological polar surface area (TPSA) is 58.9 Å². The molecule has 5 rings (SSSR count). The number of nitrogens with zero attached hydrogens (tertiary/aromatic N) is 4. The zero-order chi connectivity index (χ0) is 15.6. The highest BCUT2D eigenvalue weighted by molar-refractivity contribution is 5.90. The summed E-state index contributed by atoms with van der Waals surface area (Å²) in [6, 6.07) is 4.36. The molecule has 0 radical (unpaired) electrons. The van der Waals surface area contributed by atoms with E-state index in [-0.39, 0.29) is 0 Å². The first-order chi connectivity index (χ1) is 11.2. The van der Waals surface area contributed by atoms with Crippen LogP contribution in [0.25, 0.3) is 27.7 Å². The number of aromatic nitrogens is 5. The van der Waals surface area contributed by atoms with Crippen LogP contribution < -0.4 is 0 Å². The maximum atomic E-state index is 4.91. The molecule has 1 aliphatic carbocycles. The number of fused-ring (bicyclic) bond motifs is 2. The second kappa shape index (κ2) is 4.41. The van der Waals surface area contributed by atoms with Crippen molar-refractivity contribution in [1.29, 1.82) is 0 Å². The molecule has 114 valence electrons. The van der Waals surface area contributed by atoms with Crippen LogP contribution in [-0.4, -0.2) is 24.6 Å². The minimum absolute atomic E-state index is 0.640. The lowest BCUT2D eigenvalue weighted by atomic mass is 10.0. The number of H-pyrrole nitrogens is 1. The average Bonchev–Trinajstić information content (AvgIpc) is 3.11. The maximum absolute atomic E-state index is 4.91. The zero-order valence-corrected chi connectivity index (χ0v) is 13.2. The summed E-state index contributed by atoms with van der Waals surface area (Å²) in [6.45, 7) is 4.16. The molecule has 1 aromatic carbocycles. The summed E-state index contributed by atoms with van der Waals surface area (Å²) in [5.74, 6) is 0.640. The van der Waals surface area contributed by atoms with Crippen LogP contribution in [0.15, 0.2) is 30.9 Å². The fourth-order valence-corrected chi connectivity index (χ4v) is 3.35. The van der Waals surface area contributed by atoms with Crippen LogP contribution in [0.4, 0.5) is 0 Å². The van der Waals surface area contributed by atoms with Crippen molar-refractivity contribution in [3.63, 3.8) is 0 Å². The molecule has 0 unspecified atom stereocenters. The summed E-state index contributed by atoms with van der Waals surface area (Å²) in [4.78, 5) is 9.48. The molecule has 1 fully saturated rings. The maximum Gasteiger partial charge on any atom is 0.147 e. The Morgan fingerprint density at radius 1 is 1.22 bits per heavy atom. The number of benzene rings is 1. The number of hydrogen-bond donors (Lipinski definition) is 1. The molecule has 0 atom stereocenters. The Morgan fingerprint density at radius 3 is 2.91 bits per heavy atom. The van der Waals surface area contributed by atoms with Gasteiger partial charge in [-0.05, 0) is 49.9 Å². The Morgan fingerprint density at radius 2 is 2.09 bits per heavy atom. The summed E-state index contributed by atoms with van der Waals surface area (Å²) >= 11 is 0. The SMILES string of the molecule is Cc1ncn2cc(C3CC3)nc2c1-c1cc(C)c2[nH]ncc2c1. The highest BCUT2D eigenvalue weighted by Crippen LogP contribution is 2.40. The molecule has 3 aromatic heterocycles. The molecule has 0 spiro atoms. The van der Waals surface area contributed by atoms with Gasteiger partial charge < -0.3 is 0 Å². The molecular formula is C18H17N5. The summed E-state index contributed by atoms with van der Waals surface area (Å²) < 4.78 is 2.06. The molecular weight excluding hydrogens is 286 g/mol. The highest BCUT2D eigenvalue weighted by atomic mass is 15.1. The van der Waals surface area contributed by atoms with Crippen LogP contribution in [0.3, 0.4) is 0 Å². The third-order valence-electron chi connectivity index (χ3n) is 4.74. The second-order valence-electron chi connectivity index (χ2n) is 6.50. The van der Waals surface area contributed by atoms with Crippen LogP contribution in [0.5, 0.6) is 0 Å². The van der Waals surface area contributed by atoms with Crippen molar-refractivity contribution in [3.05, 3.63) is 47.8 Å². The van der Waals surface area contributed by atoms with E-state index in [1.54, 1.807) is 0 Å². The monoisotopic (exact) mass is 303 g/mol. The number of hydrogen-bond acceptors (Lipinski definition) is 3. The van der Waals surface area contributed by atoms with E-state index in [1.807, 2.05) is 12.5 Å². The first-order valence-electron chi connectivity index (χ1n) is 7.99. The molecule has 1 N–H and O–H groups in total. The van der Waals surface area contributed by atoms with Crippen molar-refractivity contribution < 1.29 is 0 Å². The largest absolute Gasteiger partial charge is 0.290 e. The van der Waals surface area contributed by atoms with Gasteiger partial charge in [0.15, 0.2) is 0 Å². The highest BCUT2D eigenvalue weighted by Gasteiger charge is 2.27. The minimum Gasteiger partial charge on any atom is -0.290 e. The van der Waals surface area contributed by atoms with Gasteiger partial charge in [0.2, 0.25) is 0 Å². The zero-order valence-electron chi connectivity index (χ0n) is 13.2. The molecule has 0 saturated heterocycles. The number of nitrogens with one attached hydrogen (secondary N) is 1. The lowest BCUT2D eigenvalue weighted by molar-refractivity contribution is 1.04. The summed E-state index contributed by atoms with van der Waals surface area (Å²) in [7, 11) is 0. The van der Waals surface area contributed by atoms with E-state index in [2.05, 4.69) is 51.8 Å². The van der Waals surface area contributed by atoms with Crippen molar-refractivity contribution >= 4 is 16.6 Å². The van der Waals surface area contributed by atoms with E-state index < -0.39 is 0 Å². The van der Waals surface area contributed by atoms with Gasteiger partial charge in [-0.3, -0.25) is 9.50 Å². The summed E-state index contributed by atoms with van der Waals surface area (Å²) in [5.41, 5.74) is 7.75. The molecule has 4 aromatic rings. The van der Waals surface area contributed by atoms with Crippen molar-refractivity contribution in [2.24, 2.45) is 0 Å². The van der Waals surface area contributed by atoms with Crippen LogP contribution in [0.2, 0.25) is 0 Å². The molecule has 5 heteroatoms. The van der Waals surface area contributed by atoms with Gasteiger partial charge in [0.25, 0.3) is 0 Å². The fourth-order valence-electron chi connectivity index (χ4n) is 3.35. The first-order valence-corrected chi connectivity index (χ1v) is 7.99. The Kier molecular flexibility index (Phi) is 2.46. The minimum atomic E-state index is 0.640. The van der Waals surface area contributed by atoms with Gasteiger partial charge in [-0.15, -0.1) is 0 Å². The third-order valence-corrected chi connectivity index (χ3v) is 4.74. The Bertz CT molecular complexity index is 1050. The molecule has 5 nitrogen and oxygen atoms in total. The molecule has 1 saturated carbocycles. The van der Waals surface area contributed by atoms with E-state index in [4.69, 9.17) is 4.98 Å².